The van der Waals surface area contributed by atoms with Gasteiger partial charge in [0.15, 0.2) is 0 Å². The Morgan fingerprint density at radius 3 is 2.06 bits per heavy atom. The zero-order chi connectivity index (χ0) is 23.8. The minimum Gasteiger partial charge on any atom is -0.457 e. The fourth-order valence-electron chi connectivity index (χ4n) is 3.27. The van der Waals surface area contributed by atoms with Gasteiger partial charge >= 0.3 is 12.2 Å². The lowest BCUT2D eigenvalue weighted by molar-refractivity contribution is -0.137. The quantitative estimate of drug-likeness (QED) is 0.658. The Balaban J connectivity index is 1.36. The molecule has 2 N–H and O–H groups in total. The first-order valence-corrected chi connectivity index (χ1v) is 10.6. The molecule has 3 amide bonds. The van der Waals surface area contributed by atoms with Crippen LogP contribution < -0.4 is 15.4 Å². The molecule has 0 bridgehead atoms. The van der Waals surface area contributed by atoms with Gasteiger partial charge in [-0.15, -0.1) is 0 Å². The van der Waals surface area contributed by atoms with Crippen molar-refractivity contribution in [2.45, 2.75) is 19.1 Å². The van der Waals surface area contributed by atoms with E-state index in [1.54, 1.807) is 24.3 Å². The summed E-state index contributed by atoms with van der Waals surface area (Å²) in [6, 6.07) is 10.9. The van der Waals surface area contributed by atoms with Crippen LogP contribution in [0.25, 0.3) is 0 Å². The summed E-state index contributed by atoms with van der Waals surface area (Å²) in [4.78, 5) is 28.1. The molecule has 7 nitrogen and oxygen atoms in total. The van der Waals surface area contributed by atoms with Gasteiger partial charge in [0.2, 0.25) is 5.91 Å². The summed E-state index contributed by atoms with van der Waals surface area (Å²) in [6.07, 6.45) is -4.13. The topological polar surface area (TPSA) is 73.9 Å². The molecule has 1 heterocycles. The van der Waals surface area contributed by atoms with Gasteiger partial charge in [-0.25, -0.2) is 4.79 Å². The standard InChI is InChI=1S/C23H27F3N4O3/c1-29-12-14-30(15-13-29)21(31)10-11-27-22(32)28-16-17-2-6-19(7-3-17)33-20-8-4-18(5-9-20)23(24,25)26/h2-9H,10-16H2,1H3,(H2,27,28,32). The summed E-state index contributed by atoms with van der Waals surface area (Å²) in [5.41, 5.74) is 0.0803. The van der Waals surface area contributed by atoms with Crippen molar-refractivity contribution < 1.29 is 27.5 Å². The molecule has 33 heavy (non-hydrogen) atoms. The second-order valence-electron chi connectivity index (χ2n) is 7.81. The van der Waals surface area contributed by atoms with Crippen molar-refractivity contribution >= 4 is 11.9 Å². The maximum atomic E-state index is 12.6. The summed E-state index contributed by atoms with van der Waals surface area (Å²) >= 11 is 0. The van der Waals surface area contributed by atoms with E-state index in [9.17, 15) is 22.8 Å². The number of likely N-dealkylation sites (N-methyl/N-ethyl adjacent to an activating group) is 1. The number of halogens is 3. The monoisotopic (exact) mass is 464 g/mol. The summed E-state index contributed by atoms with van der Waals surface area (Å²) in [5.74, 6) is 0.789. The molecule has 0 spiro atoms. The average molecular weight is 464 g/mol. The van der Waals surface area contributed by atoms with Gasteiger partial charge in [-0.2, -0.15) is 13.2 Å². The van der Waals surface area contributed by atoms with Crippen LogP contribution in [0.3, 0.4) is 0 Å². The molecular weight excluding hydrogens is 437 g/mol. The predicted octanol–water partition coefficient (Wildman–Crippen LogP) is 3.46. The van der Waals surface area contributed by atoms with Gasteiger partial charge in [0.25, 0.3) is 0 Å². The summed E-state index contributed by atoms with van der Waals surface area (Å²) in [6.45, 7) is 3.66. The minimum atomic E-state index is -4.39. The first-order valence-electron chi connectivity index (χ1n) is 10.6. The number of urea groups is 1. The Morgan fingerprint density at radius 1 is 0.909 bits per heavy atom. The first-order chi connectivity index (χ1) is 15.7. The molecule has 1 fully saturated rings. The first kappa shape index (κ1) is 24.4. The Labute approximate surface area is 190 Å². The van der Waals surface area contributed by atoms with E-state index in [1.165, 1.54) is 12.1 Å². The highest BCUT2D eigenvalue weighted by Gasteiger charge is 2.30. The number of carbonyl (C=O) groups is 2. The minimum absolute atomic E-state index is 0.0343. The molecule has 178 valence electrons. The number of piperazine rings is 1. The van der Waals surface area contributed by atoms with E-state index in [0.29, 0.717) is 24.6 Å². The van der Waals surface area contributed by atoms with Crippen LogP contribution in [0.15, 0.2) is 48.5 Å². The fourth-order valence-corrected chi connectivity index (χ4v) is 3.27. The van der Waals surface area contributed by atoms with E-state index in [2.05, 4.69) is 15.5 Å². The van der Waals surface area contributed by atoms with Gasteiger partial charge in [-0.3, -0.25) is 4.79 Å². The van der Waals surface area contributed by atoms with E-state index in [4.69, 9.17) is 4.74 Å². The van der Waals surface area contributed by atoms with Crippen LogP contribution in [0.4, 0.5) is 18.0 Å². The molecule has 0 aromatic heterocycles. The third kappa shape index (κ3) is 7.67. The van der Waals surface area contributed by atoms with E-state index in [1.807, 2.05) is 11.9 Å². The van der Waals surface area contributed by atoms with E-state index in [-0.39, 0.29) is 31.4 Å². The van der Waals surface area contributed by atoms with Crippen LogP contribution in [0.5, 0.6) is 11.5 Å². The van der Waals surface area contributed by atoms with E-state index >= 15 is 0 Å². The van der Waals surface area contributed by atoms with Gasteiger partial charge < -0.3 is 25.2 Å². The molecular formula is C23H27F3N4O3. The van der Waals surface area contributed by atoms with Crippen molar-refractivity contribution in [3.05, 3.63) is 59.7 Å². The van der Waals surface area contributed by atoms with Crippen molar-refractivity contribution in [1.29, 1.82) is 0 Å². The lowest BCUT2D eigenvalue weighted by Gasteiger charge is -2.32. The van der Waals surface area contributed by atoms with E-state index in [0.717, 1.165) is 30.8 Å². The molecule has 0 unspecified atom stereocenters. The number of ether oxygens (including phenoxy) is 1. The second kappa shape index (κ2) is 11.0. The number of hydrogen-bond acceptors (Lipinski definition) is 4. The molecule has 1 aliphatic rings. The summed E-state index contributed by atoms with van der Waals surface area (Å²) in [7, 11) is 2.02. The number of nitrogens with zero attached hydrogens (tertiary/aromatic N) is 2. The zero-order valence-corrected chi connectivity index (χ0v) is 18.3. The molecule has 2 aromatic rings. The Morgan fingerprint density at radius 2 is 1.48 bits per heavy atom. The molecule has 1 aliphatic heterocycles. The fraction of sp³-hybridized carbons (Fsp3) is 0.391. The third-order valence-electron chi connectivity index (χ3n) is 5.27. The number of hydrogen-bond donors (Lipinski definition) is 2. The number of benzene rings is 2. The summed E-state index contributed by atoms with van der Waals surface area (Å²) < 4.78 is 43.4. The Bertz CT molecular complexity index is 925. The van der Waals surface area contributed by atoms with E-state index < -0.39 is 11.7 Å². The maximum Gasteiger partial charge on any atom is 0.416 e. The number of alkyl halides is 3. The molecule has 3 rings (SSSR count). The SMILES string of the molecule is CN1CCN(C(=O)CCNC(=O)NCc2ccc(Oc3ccc(C(F)(F)F)cc3)cc2)CC1. The highest BCUT2D eigenvalue weighted by atomic mass is 19.4. The normalized spacial score (nSPS) is 14.6. The largest absolute Gasteiger partial charge is 0.457 e. The van der Waals surface area contributed by atoms with Gasteiger partial charge in [-0.1, -0.05) is 12.1 Å². The highest BCUT2D eigenvalue weighted by Crippen LogP contribution is 2.31. The Kier molecular flexibility index (Phi) is 8.16. The van der Waals surface area contributed by atoms with Crippen LogP contribution in [-0.2, 0) is 17.5 Å². The molecule has 0 saturated carbocycles. The molecule has 0 radical (unpaired) electrons. The van der Waals surface area contributed by atoms with Crippen molar-refractivity contribution in [3.8, 4) is 11.5 Å². The summed E-state index contributed by atoms with van der Waals surface area (Å²) in [5, 5.41) is 5.40. The lowest BCUT2D eigenvalue weighted by atomic mass is 10.2. The van der Waals surface area contributed by atoms with Crippen LogP contribution >= 0.6 is 0 Å². The third-order valence-corrected chi connectivity index (χ3v) is 5.27. The molecule has 1 saturated heterocycles. The van der Waals surface area contributed by atoms with Gasteiger partial charge in [-0.05, 0) is 49.0 Å². The predicted molar refractivity (Wildman–Crippen MR) is 117 cm³/mol. The van der Waals surface area contributed by atoms with Crippen LogP contribution in [-0.4, -0.2) is 61.5 Å². The van der Waals surface area contributed by atoms with Gasteiger partial charge in [0.1, 0.15) is 11.5 Å². The number of nitrogens with one attached hydrogen (secondary N) is 2. The average Bonchev–Trinajstić information content (AvgIpc) is 2.79. The van der Waals surface area contributed by atoms with Crippen LogP contribution in [0, 0.1) is 0 Å². The van der Waals surface area contributed by atoms with Crippen molar-refractivity contribution in [1.82, 2.24) is 20.4 Å². The van der Waals surface area contributed by atoms with Gasteiger partial charge in [0.05, 0.1) is 5.56 Å². The van der Waals surface area contributed by atoms with Gasteiger partial charge in [0, 0.05) is 45.7 Å². The highest BCUT2D eigenvalue weighted by molar-refractivity contribution is 5.78. The number of carbonyl (C=O) groups excluding carboxylic acids is 2. The van der Waals surface area contributed by atoms with Crippen molar-refractivity contribution in [3.63, 3.8) is 0 Å². The van der Waals surface area contributed by atoms with Crippen molar-refractivity contribution in [2.24, 2.45) is 0 Å². The smallest absolute Gasteiger partial charge is 0.416 e. The molecule has 10 heteroatoms. The molecule has 0 atom stereocenters. The maximum absolute atomic E-state index is 12.6. The lowest BCUT2D eigenvalue weighted by Crippen LogP contribution is -2.48. The molecule has 2 aromatic carbocycles. The second-order valence-corrected chi connectivity index (χ2v) is 7.81. The zero-order valence-electron chi connectivity index (χ0n) is 18.3. The number of amides is 3. The van der Waals surface area contributed by atoms with Crippen molar-refractivity contribution in [2.75, 3.05) is 39.8 Å². The molecule has 0 aliphatic carbocycles. The van der Waals surface area contributed by atoms with Crippen LogP contribution in [0.2, 0.25) is 0 Å². The van der Waals surface area contributed by atoms with Crippen LogP contribution in [0.1, 0.15) is 17.5 Å². The Hall–Kier alpha value is -3.27. The number of rotatable bonds is 7.